The molecule has 166 valence electrons. The number of nitro groups is 1. The fourth-order valence-corrected chi connectivity index (χ4v) is 4.27. The third kappa shape index (κ3) is 6.05. The molecule has 0 radical (unpaired) electrons. The molecule has 1 amide bonds. The molecule has 2 N–H and O–H groups in total. The SMILES string of the molecule is O=C(C[C@H](Sc1n[nH]c(-c2ccccc2)n1)c1cccc([N+](=O)[O-])c1)NCc1ccccc1. The first-order valence-corrected chi connectivity index (χ1v) is 11.2. The number of H-pyrrole nitrogens is 1. The maximum absolute atomic E-state index is 12.7. The maximum atomic E-state index is 12.7. The molecule has 1 aromatic heterocycles. The van der Waals surface area contributed by atoms with E-state index in [4.69, 9.17) is 0 Å². The van der Waals surface area contributed by atoms with Gasteiger partial charge in [0.05, 0.1) is 4.92 Å². The zero-order valence-corrected chi connectivity index (χ0v) is 18.4. The van der Waals surface area contributed by atoms with Gasteiger partial charge in [0.25, 0.3) is 5.69 Å². The average Bonchev–Trinajstić information content (AvgIpc) is 3.32. The Balaban J connectivity index is 1.52. The zero-order valence-electron chi connectivity index (χ0n) is 17.5. The van der Waals surface area contributed by atoms with E-state index < -0.39 is 10.2 Å². The van der Waals surface area contributed by atoms with Crippen molar-refractivity contribution in [1.29, 1.82) is 0 Å². The number of nitrogens with one attached hydrogen (secondary N) is 2. The van der Waals surface area contributed by atoms with Crippen molar-refractivity contribution >= 4 is 23.4 Å². The van der Waals surface area contributed by atoms with Crippen molar-refractivity contribution in [2.75, 3.05) is 0 Å². The summed E-state index contributed by atoms with van der Waals surface area (Å²) in [5.41, 5.74) is 2.52. The third-order valence-electron chi connectivity index (χ3n) is 4.92. The molecule has 0 unspecified atom stereocenters. The Kier molecular flexibility index (Phi) is 7.11. The lowest BCUT2D eigenvalue weighted by Gasteiger charge is -2.15. The Morgan fingerprint density at radius 2 is 1.76 bits per heavy atom. The number of hydrogen-bond acceptors (Lipinski definition) is 6. The molecular formula is C24H21N5O3S. The van der Waals surface area contributed by atoms with Crippen molar-refractivity contribution in [2.24, 2.45) is 0 Å². The van der Waals surface area contributed by atoms with Crippen molar-refractivity contribution in [2.45, 2.75) is 23.4 Å². The van der Waals surface area contributed by atoms with Gasteiger partial charge in [-0.05, 0) is 11.1 Å². The minimum atomic E-state index is -0.443. The molecular weight excluding hydrogens is 438 g/mol. The highest BCUT2D eigenvalue weighted by Crippen LogP contribution is 2.37. The summed E-state index contributed by atoms with van der Waals surface area (Å²) in [5, 5.41) is 21.4. The first-order chi connectivity index (χ1) is 16.1. The Morgan fingerprint density at radius 3 is 2.48 bits per heavy atom. The van der Waals surface area contributed by atoms with E-state index in [9.17, 15) is 14.9 Å². The topological polar surface area (TPSA) is 114 Å². The van der Waals surface area contributed by atoms with Crippen LogP contribution in [0.3, 0.4) is 0 Å². The number of nitro benzene ring substituents is 1. The summed E-state index contributed by atoms with van der Waals surface area (Å²) in [4.78, 5) is 28.1. The summed E-state index contributed by atoms with van der Waals surface area (Å²) in [6, 6.07) is 25.5. The number of carbonyl (C=O) groups is 1. The van der Waals surface area contributed by atoms with Crippen LogP contribution in [-0.4, -0.2) is 26.0 Å². The molecule has 4 rings (SSSR count). The van der Waals surface area contributed by atoms with Crippen LogP contribution < -0.4 is 5.32 Å². The summed E-state index contributed by atoms with van der Waals surface area (Å²) in [6.07, 6.45) is 0.119. The van der Waals surface area contributed by atoms with Crippen LogP contribution in [0, 0.1) is 10.1 Å². The highest BCUT2D eigenvalue weighted by molar-refractivity contribution is 7.99. The van der Waals surface area contributed by atoms with Crippen molar-refractivity contribution in [3.8, 4) is 11.4 Å². The Morgan fingerprint density at radius 1 is 1.03 bits per heavy atom. The van der Waals surface area contributed by atoms with Crippen molar-refractivity contribution < 1.29 is 9.72 Å². The zero-order chi connectivity index (χ0) is 23.0. The van der Waals surface area contributed by atoms with Gasteiger partial charge in [-0.3, -0.25) is 20.0 Å². The molecule has 8 nitrogen and oxygen atoms in total. The smallest absolute Gasteiger partial charge is 0.269 e. The standard InChI is InChI=1S/C24H21N5O3S/c30-22(25-16-17-8-3-1-4-9-17)15-21(19-12-7-13-20(14-19)29(31)32)33-24-26-23(27-28-24)18-10-5-2-6-11-18/h1-14,21H,15-16H2,(H,25,30)(H,26,27,28)/t21-/m0/s1. The molecule has 0 aliphatic heterocycles. The summed E-state index contributed by atoms with van der Waals surface area (Å²) in [5.74, 6) is 0.450. The largest absolute Gasteiger partial charge is 0.352 e. The molecule has 0 bridgehead atoms. The van der Waals surface area contributed by atoms with Crippen LogP contribution in [0.5, 0.6) is 0 Å². The second-order valence-corrected chi connectivity index (χ2v) is 8.43. The number of non-ortho nitro benzene ring substituents is 1. The van der Waals surface area contributed by atoms with Gasteiger partial charge in [0, 0.05) is 35.9 Å². The number of aromatic nitrogens is 3. The Hall–Kier alpha value is -3.98. The molecule has 1 heterocycles. The molecule has 3 aromatic carbocycles. The van der Waals surface area contributed by atoms with Gasteiger partial charge in [0.2, 0.25) is 11.1 Å². The van der Waals surface area contributed by atoms with Crippen LogP contribution in [0.2, 0.25) is 0 Å². The number of hydrogen-bond donors (Lipinski definition) is 2. The number of carbonyl (C=O) groups excluding carboxylic acids is 1. The first kappa shape index (κ1) is 22.2. The molecule has 0 aliphatic rings. The van der Waals surface area contributed by atoms with Gasteiger partial charge in [-0.25, -0.2) is 4.98 Å². The molecule has 0 saturated carbocycles. The molecule has 0 saturated heterocycles. The molecule has 33 heavy (non-hydrogen) atoms. The second-order valence-electron chi connectivity index (χ2n) is 7.26. The number of amides is 1. The van der Waals surface area contributed by atoms with E-state index in [1.54, 1.807) is 12.1 Å². The number of benzene rings is 3. The van der Waals surface area contributed by atoms with Gasteiger partial charge in [-0.2, -0.15) is 0 Å². The van der Waals surface area contributed by atoms with E-state index >= 15 is 0 Å². The minimum Gasteiger partial charge on any atom is -0.352 e. The van der Waals surface area contributed by atoms with E-state index in [1.807, 2.05) is 60.7 Å². The second kappa shape index (κ2) is 10.6. The van der Waals surface area contributed by atoms with E-state index in [-0.39, 0.29) is 18.0 Å². The van der Waals surface area contributed by atoms with Crippen LogP contribution in [0.15, 0.2) is 90.1 Å². The fourth-order valence-electron chi connectivity index (χ4n) is 3.25. The maximum Gasteiger partial charge on any atom is 0.269 e. The number of nitrogens with zero attached hydrogens (tertiary/aromatic N) is 3. The summed E-state index contributed by atoms with van der Waals surface area (Å²) in [7, 11) is 0. The first-order valence-electron chi connectivity index (χ1n) is 10.3. The molecule has 4 aromatic rings. The van der Waals surface area contributed by atoms with Gasteiger partial charge in [-0.1, -0.05) is 84.6 Å². The lowest BCUT2D eigenvalue weighted by molar-refractivity contribution is -0.384. The molecule has 1 atom stereocenters. The summed E-state index contributed by atoms with van der Waals surface area (Å²) < 4.78 is 0. The van der Waals surface area contributed by atoms with E-state index in [0.717, 1.165) is 11.1 Å². The molecule has 0 spiro atoms. The van der Waals surface area contributed by atoms with Gasteiger partial charge >= 0.3 is 0 Å². The molecule has 0 fully saturated rings. The molecule has 9 heteroatoms. The third-order valence-corrected chi connectivity index (χ3v) is 6.03. The van der Waals surface area contributed by atoms with Crippen molar-refractivity contribution in [3.05, 3.63) is 106 Å². The Bertz CT molecular complexity index is 1230. The van der Waals surface area contributed by atoms with Crippen LogP contribution in [0.25, 0.3) is 11.4 Å². The van der Waals surface area contributed by atoms with E-state index in [0.29, 0.717) is 23.1 Å². The Labute approximate surface area is 194 Å². The predicted octanol–water partition coefficient (Wildman–Crippen LogP) is 4.92. The van der Waals surface area contributed by atoms with Crippen molar-refractivity contribution in [3.63, 3.8) is 0 Å². The normalized spacial score (nSPS) is 11.6. The monoisotopic (exact) mass is 459 g/mol. The van der Waals surface area contributed by atoms with Gasteiger partial charge in [-0.15, -0.1) is 5.10 Å². The summed E-state index contributed by atoms with van der Waals surface area (Å²) in [6.45, 7) is 0.408. The van der Waals surface area contributed by atoms with Crippen LogP contribution in [0.4, 0.5) is 5.69 Å². The average molecular weight is 460 g/mol. The molecule has 0 aliphatic carbocycles. The lowest BCUT2D eigenvalue weighted by atomic mass is 10.1. The number of aromatic amines is 1. The number of thioether (sulfide) groups is 1. The van der Waals surface area contributed by atoms with Crippen LogP contribution in [0.1, 0.15) is 22.8 Å². The summed E-state index contributed by atoms with van der Waals surface area (Å²) >= 11 is 1.29. The van der Waals surface area contributed by atoms with Gasteiger partial charge in [0.1, 0.15) is 0 Å². The predicted molar refractivity (Wildman–Crippen MR) is 126 cm³/mol. The highest BCUT2D eigenvalue weighted by Gasteiger charge is 2.22. The van der Waals surface area contributed by atoms with Gasteiger partial charge < -0.3 is 5.32 Å². The van der Waals surface area contributed by atoms with Crippen LogP contribution in [-0.2, 0) is 11.3 Å². The van der Waals surface area contributed by atoms with Crippen molar-refractivity contribution in [1.82, 2.24) is 20.5 Å². The van der Waals surface area contributed by atoms with E-state index in [2.05, 4.69) is 20.5 Å². The fraction of sp³-hybridized carbons (Fsp3) is 0.125. The highest BCUT2D eigenvalue weighted by atomic mass is 32.2. The van der Waals surface area contributed by atoms with E-state index in [1.165, 1.54) is 23.9 Å². The lowest BCUT2D eigenvalue weighted by Crippen LogP contribution is -2.24. The van der Waals surface area contributed by atoms with Gasteiger partial charge in [0.15, 0.2) is 5.82 Å². The van der Waals surface area contributed by atoms with Crippen LogP contribution >= 0.6 is 11.8 Å². The quantitative estimate of drug-likeness (QED) is 0.209. The number of rotatable bonds is 9. The minimum absolute atomic E-state index is 0.0252.